The molecule has 0 atom stereocenters. The monoisotopic (exact) mass is 391 g/mol. The highest BCUT2D eigenvalue weighted by molar-refractivity contribution is 6.39. The van der Waals surface area contributed by atoms with Crippen molar-refractivity contribution < 1.29 is 14.5 Å². The Kier molecular flexibility index (Phi) is 5.44. The van der Waals surface area contributed by atoms with Crippen LogP contribution in [0.3, 0.4) is 0 Å². The third-order valence-corrected chi connectivity index (χ3v) is 4.04. The van der Waals surface area contributed by atoms with Crippen molar-refractivity contribution in [3.63, 3.8) is 0 Å². The van der Waals surface area contributed by atoms with Gasteiger partial charge < -0.3 is 14.5 Å². The molecule has 1 aromatic heterocycles. The van der Waals surface area contributed by atoms with E-state index in [9.17, 15) is 5.21 Å². The summed E-state index contributed by atoms with van der Waals surface area (Å²) in [5, 5.41) is 17.4. The van der Waals surface area contributed by atoms with Crippen molar-refractivity contribution in [3.05, 3.63) is 64.0 Å². The topological polar surface area (TPSA) is 80.7 Å². The van der Waals surface area contributed by atoms with Crippen molar-refractivity contribution >= 4 is 28.9 Å². The predicted molar refractivity (Wildman–Crippen MR) is 99.4 cm³/mol. The summed E-state index contributed by atoms with van der Waals surface area (Å²) < 4.78 is 10.8. The number of nitrogens with zero attached hydrogens (tertiary/aromatic N) is 3. The zero-order chi connectivity index (χ0) is 18.7. The van der Waals surface area contributed by atoms with Crippen molar-refractivity contribution in [2.24, 2.45) is 5.16 Å². The molecule has 8 heteroatoms. The smallest absolute Gasteiger partial charge is 0.280 e. The van der Waals surface area contributed by atoms with Crippen LogP contribution in [0.25, 0.3) is 11.4 Å². The van der Waals surface area contributed by atoms with Crippen molar-refractivity contribution in [3.8, 4) is 17.1 Å². The SMILES string of the molecule is CC(C)Oc1ccc(C(=NO)c2nc(-c3c(Cl)cccc3Cl)no2)cc1. The molecule has 134 valence electrons. The van der Waals surface area contributed by atoms with Crippen LogP contribution in [0.1, 0.15) is 25.3 Å². The lowest BCUT2D eigenvalue weighted by Gasteiger charge is -2.09. The van der Waals surface area contributed by atoms with Crippen LogP contribution in [-0.2, 0) is 0 Å². The van der Waals surface area contributed by atoms with Gasteiger partial charge in [0.25, 0.3) is 5.89 Å². The Morgan fingerprint density at radius 1 is 1.12 bits per heavy atom. The molecule has 0 aliphatic heterocycles. The van der Waals surface area contributed by atoms with Gasteiger partial charge in [0.2, 0.25) is 5.82 Å². The third-order valence-electron chi connectivity index (χ3n) is 3.41. The van der Waals surface area contributed by atoms with Crippen molar-refractivity contribution in [2.75, 3.05) is 0 Å². The number of oxime groups is 1. The van der Waals surface area contributed by atoms with Gasteiger partial charge in [-0.05, 0) is 50.2 Å². The van der Waals surface area contributed by atoms with E-state index in [4.69, 9.17) is 32.5 Å². The van der Waals surface area contributed by atoms with Gasteiger partial charge in [-0.2, -0.15) is 4.98 Å². The quantitative estimate of drug-likeness (QED) is 0.373. The molecule has 2 aromatic carbocycles. The Morgan fingerprint density at radius 3 is 2.35 bits per heavy atom. The minimum atomic E-state index is 0.0380. The van der Waals surface area contributed by atoms with Crippen LogP contribution in [0.5, 0.6) is 5.75 Å². The number of hydrogen-bond acceptors (Lipinski definition) is 6. The molecule has 26 heavy (non-hydrogen) atoms. The van der Waals surface area contributed by atoms with Crippen LogP contribution in [-0.4, -0.2) is 27.2 Å². The van der Waals surface area contributed by atoms with Gasteiger partial charge in [0, 0.05) is 5.56 Å². The molecule has 1 heterocycles. The summed E-state index contributed by atoms with van der Waals surface area (Å²) in [6.07, 6.45) is 0.0608. The Labute approximate surface area is 160 Å². The molecule has 0 spiro atoms. The highest BCUT2D eigenvalue weighted by atomic mass is 35.5. The Hall–Kier alpha value is -2.57. The molecule has 0 aliphatic carbocycles. The molecule has 6 nitrogen and oxygen atoms in total. The molecule has 3 rings (SSSR count). The van der Waals surface area contributed by atoms with Crippen molar-refractivity contribution in [1.29, 1.82) is 0 Å². The van der Waals surface area contributed by atoms with Crippen LogP contribution >= 0.6 is 23.2 Å². The summed E-state index contributed by atoms with van der Waals surface area (Å²) in [5.74, 6) is 0.947. The second-order valence-electron chi connectivity index (χ2n) is 5.66. The molecule has 0 unspecified atom stereocenters. The first kappa shape index (κ1) is 18.2. The molecule has 0 saturated heterocycles. The lowest BCUT2D eigenvalue weighted by Crippen LogP contribution is -2.07. The minimum absolute atomic E-state index is 0.0380. The van der Waals surface area contributed by atoms with Crippen LogP contribution in [0.2, 0.25) is 10.0 Å². The summed E-state index contributed by atoms with van der Waals surface area (Å²) >= 11 is 12.3. The Morgan fingerprint density at radius 2 is 1.77 bits per heavy atom. The second kappa shape index (κ2) is 7.76. The molecule has 0 fully saturated rings. The maximum absolute atomic E-state index is 9.41. The fourth-order valence-corrected chi connectivity index (χ4v) is 2.89. The Balaban J connectivity index is 1.92. The van der Waals surface area contributed by atoms with Crippen LogP contribution in [0, 0.1) is 0 Å². The van der Waals surface area contributed by atoms with Crippen LogP contribution in [0.15, 0.2) is 52.1 Å². The van der Waals surface area contributed by atoms with Gasteiger partial charge in [-0.25, -0.2) is 0 Å². The summed E-state index contributed by atoms with van der Waals surface area (Å²) in [7, 11) is 0. The van der Waals surface area contributed by atoms with Gasteiger partial charge in [0.1, 0.15) is 5.75 Å². The molecule has 0 saturated carbocycles. The summed E-state index contributed by atoms with van der Waals surface area (Å²) in [6, 6.07) is 12.1. The largest absolute Gasteiger partial charge is 0.491 e. The minimum Gasteiger partial charge on any atom is -0.491 e. The van der Waals surface area contributed by atoms with E-state index in [1.54, 1.807) is 42.5 Å². The fourth-order valence-electron chi connectivity index (χ4n) is 2.32. The van der Waals surface area contributed by atoms with Gasteiger partial charge in [-0.3, -0.25) is 0 Å². The number of hydrogen-bond donors (Lipinski definition) is 1. The van der Waals surface area contributed by atoms with E-state index < -0.39 is 0 Å². The summed E-state index contributed by atoms with van der Waals surface area (Å²) in [4.78, 5) is 4.25. The average molecular weight is 392 g/mol. The van der Waals surface area contributed by atoms with Crippen LogP contribution in [0.4, 0.5) is 0 Å². The molecule has 0 aliphatic rings. The number of ether oxygens (including phenoxy) is 1. The van der Waals surface area contributed by atoms with Gasteiger partial charge >= 0.3 is 0 Å². The maximum Gasteiger partial charge on any atom is 0.280 e. The fraction of sp³-hybridized carbons (Fsp3) is 0.167. The Bertz CT molecular complexity index is 917. The van der Waals surface area contributed by atoms with Crippen molar-refractivity contribution in [1.82, 2.24) is 10.1 Å². The van der Waals surface area contributed by atoms with Crippen LogP contribution < -0.4 is 4.74 Å². The van der Waals surface area contributed by atoms with Gasteiger partial charge in [-0.1, -0.05) is 39.6 Å². The van der Waals surface area contributed by atoms with E-state index in [-0.39, 0.29) is 23.5 Å². The molecule has 0 amide bonds. The molecular formula is C18H15Cl2N3O3. The first-order valence-corrected chi connectivity index (χ1v) is 8.52. The third kappa shape index (κ3) is 3.81. The second-order valence-corrected chi connectivity index (χ2v) is 6.47. The van der Waals surface area contributed by atoms with Gasteiger partial charge in [-0.15, -0.1) is 0 Å². The van der Waals surface area contributed by atoms with Crippen molar-refractivity contribution in [2.45, 2.75) is 20.0 Å². The van der Waals surface area contributed by atoms with Gasteiger partial charge in [0.15, 0.2) is 5.71 Å². The number of benzene rings is 2. The highest BCUT2D eigenvalue weighted by Crippen LogP contribution is 2.32. The maximum atomic E-state index is 9.41. The van der Waals surface area contributed by atoms with Gasteiger partial charge in [0.05, 0.1) is 21.7 Å². The lowest BCUT2D eigenvalue weighted by molar-refractivity contribution is 0.242. The van der Waals surface area contributed by atoms with E-state index >= 15 is 0 Å². The molecule has 0 radical (unpaired) electrons. The lowest BCUT2D eigenvalue weighted by atomic mass is 10.1. The first-order valence-electron chi connectivity index (χ1n) is 7.77. The standard InChI is InChI=1S/C18H15Cl2N3O3/c1-10(2)25-12-8-6-11(7-9-12)16(22-24)18-21-17(23-26-18)15-13(19)4-3-5-14(15)20/h3-10,24H,1-2H3. The summed E-state index contributed by atoms with van der Waals surface area (Å²) in [6.45, 7) is 3.88. The van der Waals surface area contributed by atoms with E-state index in [2.05, 4.69) is 15.3 Å². The number of rotatable bonds is 5. The zero-order valence-corrected chi connectivity index (χ0v) is 15.5. The molecular weight excluding hydrogens is 377 g/mol. The highest BCUT2D eigenvalue weighted by Gasteiger charge is 2.20. The predicted octanol–water partition coefficient (Wildman–Crippen LogP) is 5.06. The molecule has 3 aromatic rings. The summed E-state index contributed by atoms with van der Waals surface area (Å²) in [5.41, 5.74) is 1.16. The van der Waals surface area contributed by atoms with E-state index in [0.717, 1.165) is 0 Å². The molecule has 0 bridgehead atoms. The molecule has 1 N–H and O–H groups in total. The van der Waals surface area contributed by atoms with E-state index in [1.807, 2.05) is 13.8 Å². The first-order chi connectivity index (χ1) is 12.5. The van der Waals surface area contributed by atoms with E-state index in [1.165, 1.54) is 0 Å². The normalized spacial score (nSPS) is 11.8. The average Bonchev–Trinajstić information content (AvgIpc) is 3.06. The zero-order valence-electron chi connectivity index (χ0n) is 14.0. The number of halogens is 2. The number of aromatic nitrogens is 2. The van der Waals surface area contributed by atoms with E-state index in [0.29, 0.717) is 26.9 Å².